The van der Waals surface area contributed by atoms with Gasteiger partial charge in [-0.25, -0.2) is 0 Å². The van der Waals surface area contributed by atoms with E-state index in [1.165, 1.54) is 44.9 Å². The third-order valence-corrected chi connectivity index (χ3v) is 3.57. The molecule has 2 rings (SSSR count). The first-order valence-corrected chi connectivity index (χ1v) is 6.26. The summed E-state index contributed by atoms with van der Waals surface area (Å²) in [5.74, 6) is 0. The van der Waals surface area contributed by atoms with Gasteiger partial charge < -0.3 is 10.1 Å². The molecule has 82 valence electrons. The van der Waals surface area contributed by atoms with Gasteiger partial charge in [0.05, 0.1) is 6.10 Å². The normalized spacial score (nSPS) is 34.1. The highest BCUT2D eigenvalue weighted by Gasteiger charge is 2.31. The van der Waals surface area contributed by atoms with Crippen molar-refractivity contribution in [3.8, 4) is 0 Å². The van der Waals surface area contributed by atoms with Crippen LogP contribution >= 0.6 is 0 Å². The van der Waals surface area contributed by atoms with Crippen LogP contribution in [0.25, 0.3) is 0 Å². The molecule has 0 atom stereocenters. The Kier molecular flexibility index (Phi) is 3.82. The molecule has 0 aromatic rings. The quantitative estimate of drug-likeness (QED) is 0.747. The molecule has 0 spiro atoms. The lowest BCUT2D eigenvalue weighted by molar-refractivity contribution is -0.0133. The van der Waals surface area contributed by atoms with Gasteiger partial charge in [0.2, 0.25) is 0 Å². The Morgan fingerprint density at radius 3 is 2.43 bits per heavy atom. The lowest BCUT2D eigenvalue weighted by Gasteiger charge is -2.39. The van der Waals surface area contributed by atoms with Gasteiger partial charge in [-0.3, -0.25) is 0 Å². The van der Waals surface area contributed by atoms with Crippen molar-refractivity contribution >= 4 is 0 Å². The molecule has 0 amide bonds. The van der Waals surface area contributed by atoms with Crippen LogP contribution in [0, 0.1) is 0 Å². The Labute approximate surface area is 87.4 Å². The van der Waals surface area contributed by atoms with Gasteiger partial charge in [0.25, 0.3) is 0 Å². The zero-order valence-electron chi connectivity index (χ0n) is 9.30. The summed E-state index contributed by atoms with van der Waals surface area (Å²) in [5.41, 5.74) is 0. The molecule has 0 heterocycles. The fourth-order valence-corrected chi connectivity index (χ4v) is 2.68. The Balaban J connectivity index is 1.58. The maximum absolute atomic E-state index is 5.56. The van der Waals surface area contributed by atoms with E-state index in [9.17, 15) is 0 Å². The summed E-state index contributed by atoms with van der Waals surface area (Å²) >= 11 is 0. The summed E-state index contributed by atoms with van der Waals surface area (Å²) in [6.07, 6.45) is 10.1. The Hall–Kier alpha value is -0.0800. The lowest BCUT2D eigenvalue weighted by atomic mass is 9.86. The predicted octanol–water partition coefficient (Wildman–Crippen LogP) is 2.48. The largest absolute Gasteiger partial charge is 0.378 e. The van der Waals surface area contributed by atoms with E-state index in [0.717, 1.165) is 18.7 Å². The first-order valence-electron chi connectivity index (χ1n) is 6.26. The zero-order valence-corrected chi connectivity index (χ0v) is 9.30. The second kappa shape index (κ2) is 5.13. The van der Waals surface area contributed by atoms with Crippen LogP contribution in [0.3, 0.4) is 0 Å². The minimum absolute atomic E-state index is 0.557. The van der Waals surface area contributed by atoms with Crippen LogP contribution < -0.4 is 5.32 Å². The lowest BCUT2D eigenvalue weighted by Crippen LogP contribution is -2.49. The molecule has 2 aliphatic rings. The molecule has 0 aromatic carbocycles. The van der Waals surface area contributed by atoms with Crippen LogP contribution in [-0.4, -0.2) is 24.8 Å². The summed E-state index contributed by atoms with van der Waals surface area (Å²) in [6.45, 7) is 2.96. The molecule has 0 unspecified atom stereocenters. The van der Waals surface area contributed by atoms with Crippen LogP contribution in [0.1, 0.15) is 51.9 Å². The van der Waals surface area contributed by atoms with Gasteiger partial charge in [-0.05, 0) is 32.6 Å². The van der Waals surface area contributed by atoms with Crippen molar-refractivity contribution in [1.29, 1.82) is 0 Å². The van der Waals surface area contributed by atoms with E-state index in [-0.39, 0.29) is 0 Å². The van der Waals surface area contributed by atoms with Crippen molar-refractivity contribution in [2.45, 2.75) is 70.1 Å². The van der Waals surface area contributed by atoms with Crippen molar-refractivity contribution in [3.05, 3.63) is 0 Å². The number of rotatable bonds is 4. The van der Waals surface area contributed by atoms with Gasteiger partial charge in [-0.15, -0.1) is 0 Å². The van der Waals surface area contributed by atoms with E-state index in [1.807, 2.05) is 0 Å². The molecule has 1 N–H and O–H groups in total. The fraction of sp³-hybridized carbons (Fsp3) is 1.00. The first kappa shape index (κ1) is 10.4. The summed E-state index contributed by atoms with van der Waals surface area (Å²) in [5, 5.41) is 3.76. The second-order valence-electron chi connectivity index (χ2n) is 4.75. The maximum Gasteiger partial charge on any atom is 0.0604 e. The number of ether oxygens (including phenoxy) is 1. The van der Waals surface area contributed by atoms with E-state index in [0.29, 0.717) is 6.10 Å². The predicted molar refractivity (Wildman–Crippen MR) is 58.4 cm³/mol. The molecule has 0 aliphatic heterocycles. The average Bonchev–Trinajstić information content (AvgIpc) is 2.16. The molecule has 0 radical (unpaired) electrons. The highest BCUT2D eigenvalue weighted by atomic mass is 16.5. The van der Waals surface area contributed by atoms with Crippen molar-refractivity contribution in [1.82, 2.24) is 5.32 Å². The van der Waals surface area contributed by atoms with Gasteiger partial charge in [-0.2, -0.15) is 0 Å². The fourth-order valence-electron chi connectivity index (χ4n) is 2.68. The monoisotopic (exact) mass is 197 g/mol. The van der Waals surface area contributed by atoms with Gasteiger partial charge in [0.15, 0.2) is 0 Å². The zero-order chi connectivity index (χ0) is 9.80. The van der Waals surface area contributed by atoms with E-state index in [2.05, 4.69) is 12.2 Å². The van der Waals surface area contributed by atoms with Crippen LogP contribution in [0.4, 0.5) is 0 Å². The molecule has 0 aromatic heterocycles. The van der Waals surface area contributed by atoms with Crippen molar-refractivity contribution in [2.24, 2.45) is 0 Å². The highest BCUT2D eigenvalue weighted by Crippen LogP contribution is 2.26. The smallest absolute Gasteiger partial charge is 0.0604 e. The summed E-state index contributed by atoms with van der Waals surface area (Å²) in [6, 6.07) is 1.57. The van der Waals surface area contributed by atoms with Crippen LogP contribution in [0.15, 0.2) is 0 Å². The van der Waals surface area contributed by atoms with E-state index >= 15 is 0 Å². The molecule has 2 heteroatoms. The first-order chi connectivity index (χ1) is 6.88. The summed E-state index contributed by atoms with van der Waals surface area (Å²) in [4.78, 5) is 0. The molecular formula is C12H23NO. The molecule has 0 saturated heterocycles. The minimum Gasteiger partial charge on any atom is -0.378 e. The molecular weight excluding hydrogens is 174 g/mol. The molecule has 14 heavy (non-hydrogen) atoms. The molecule has 2 saturated carbocycles. The molecule has 2 aliphatic carbocycles. The Morgan fingerprint density at radius 2 is 1.79 bits per heavy atom. The van der Waals surface area contributed by atoms with Gasteiger partial charge in [-0.1, -0.05) is 19.3 Å². The highest BCUT2D eigenvalue weighted by molar-refractivity contribution is 4.88. The third kappa shape index (κ3) is 2.71. The van der Waals surface area contributed by atoms with Crippen LogP contribution in [0.2, 0.25) is 0 Å². The number of hydrogen-bond donors (Lipinski definition) is 1. The van der Waals surface area contributed by atoms with Crippen molar-refractivity contribution in [3.63, 3.8) is 0 Å². The van der Waals surface area contributed by atoms with E-state index in [1.54, 1.807) is 0 Å². The maximum atomic E-state index is 5.56. The Bertz CT molecular complexity index is 160. The van der Waals surface area contributed by atoms with Crippen LogP contribution in [0.5, 0.6) is 0 Å². The topological polar surface area (TPSA) is 21.3 Å². The van der Waals surface area contributed by atoms with Crippen LogP contribution in [-0.2, 0) is 4.74 Å². The summed E-state index contributed by atoms with van der Waals surface area (Å²) in [7, 11) is 0. The average molecular weight is 197 g/mol. The van der Waals surface area contributed by atoms with Gasteiger partial charge >= 0.3 is 0 Å². The van der Waals surface area contributed by atoms with E-state index in [4.69, 9.17) is 4.74 Å². The standard InChI is InChI=1S/C12H23NO/c1-2-14-12-8-11(9-12)13-10-6-4-3-5-7-10/h10-13H,2-9H2,1H3. The van der Waals surface area contributed by atoms with E-state index < -0.39 is 0 Å². The molecule has 2 nitrogen and oxygen atoms in total. The second-order valence-corrected chi connectivity index (χ2v) is 4.75. The van der Waals surface area contributed by atoms with Crippen molar-refractivity contribution < 1.29 is 4.74 Å². The minimum atomic E-state index is 0.557. The van der Waals surface area contributed by atoms with Crippen molar-refractivity contribution in [2.75, 3.05) is 6.61 Å². The number of nitrogens with one attached hydrogen (secondary N) is 1. The SMILES string of the molecule is CCOC1CC(NC2CCCCC2)C1. The summed E-state index contributed by atoms with van der Waals surface area (Å²) < 4.78 is 5.56. The Morgan fingerprint density at radius 1 is 1.07 bits per heavy atom. The molecule has 2 fully saturated rings. The molecule has 0 bridgehead atoms. The van der Waals surface area contributed by atoms with Gasteiger partial charge in [0.1, 0.15) is 0 Å². The third-order valence-electron chi connectivity index (χ3n) is 3.57. The number of hydrogen-bond acceptors (Lipinski definition) is 2. The van der Waals surface area contributed by atoms with Gasteiger partial charge in [0, 0.05) is 18.7 Å².